The zero-order valence-corrected chi connectivity index (χ0v) is 18.9. The van der Waals surface area contributed by atoms with Crippen molar-refractivity contribution >= 4 is 28.9 Å². The van der Waals surface area contributed by atoms with Crippen LogP contribution in [0, 0.1) is 24.1 Å². The maximum Gasteiger partial charge on any atom is 0.169 e. The molecule has 0 saturated heterocycles. The maximum atomic E-state index is 13.4. The number of ketones is 1. The molecule has 4 aromatic rings. The minimum Gasteiger partial charge on any atom is -0.314 e. The second-order valence-corrected chi connectivity index (χ2v) is 8.98. The van der Waals surface area contributed by atoms with Crippen molar-refractivity contribution in [1.29, 1.82) is 5.26 Å². The molecule has 1 atom stereocenters. The van der Waals surface area contributed by atoms with Gasteiger partial charge in [0, 0.05) is 11.1 Å². The monoisotopic (exact) mass is 462 g/mol. The van der Waals surface area contributed by atoms with E-state index in [1.54, 1.807) is 18.3 Å². The fourth-order valence-electron chi connectivity index (χ4n) is 3.23. The van der Waals surface area contributed by atoms with E-state index < -0.39 is 5.92 Å². The van der Waals surface area contributed by atoms with E-state index in [-0.39, 0.29) is 17.4 Å². The van der Waals surface area contributed by atoms with Crippen LogP contribution >= 0.6 is 23.1 Å². The number of thioether (sulfide) groups is 1. The van der Waals surface area contributed by atoms with Crippen LogP contribution in [-0.2, 0) is 11.3 Å². The molecule has 0 bridgehead atoms. The number of nitriles is 1. The van der Waals surface area contributed by atoms with Crippen molar-refractivity contribution in [1.82, 2.24) is 14.5 Å². The van der Waals surface area contributed by atoms with Crippen molar-refractivity contribution in [3.05, 3.63) is 88.3 Å². The predicted molar refractivity (Wildman–Crippen MR) is 124 cm³/mol. The van der Waals surface area contributed by atoms with E-state index in [1.165, 1.54) is 35.2 Å². The molecule has 4 rings (SSSR count). The molecule has 0 aliphatic heterocycles. The number of rotatable bonds is 8. The summed E-state index contributed by atoms with van der Waals surface area (Å²) in [5, 5.41) is 12.5. The topological polar surface area (TPSA) is 71.6 Å². The minimum atomic E-state index is -0.879. The Kier molecular flexibility index (Phi) is 6.78. The van der Waals surface area contributed by atoms with Crippen LogP contribution in [0.3, 0.4) is 0 Å². The van der Waals surface area contributed by atoms with Crippen LogP contribution in [0.1, 0.15) is 22.2 Å². The van der Waals surface area contributed by atoms with Crippen LogP contribution in [0.15, 0.2) is 71.3 Å². The van der Waals surface area contributed by atoms with Crippen molar-refractivity contribution in [2.75, 3.05) is 5.75 Å². The average molecular weight is 463 g/mol. The fraction of sp³-hybridized carbons (Fsp3) is 0.167. The Hall–Kier alpha value is -3.28. The van der Waals surface area contributed by atoms with Crippen molar-refractivity contribution in [2.45, 2.75) is 24.5 Å². The number of halogens is 1. The highest BCUT2D eigenvalue weighted by atomic mass is 32.2. The first kappa shape index (κ1) is 21.9. The quantitative estimate of drug-likeness (QED) is 0.325. The van der Waals surface area contributed by atoms with Gasteiger partial charge in [-0.05, 0) is 42.3 Å². The van der Waals surface area contributed by atoms with Crippen molar-refractivity contribution < 1.29 is 9.18 Å². The molecule has 5 nitrogen and oxygen atoms in total. The summed E-state index contributed by atoms with van der Waals surface area (Å²) in [5.41, 5.74) is 3.54. The largest absolute Gasteiger partial charge is 0.314 e. The first-order chi connectivity index (χ1) is 15.5. The van der Waals surface area contributed by atoms with Crippen LogP contribution in [0.4, 0.5) is 4.39 Å². The van der Waals surface area contributed by atoms with Crippen LogP contribution in [0.25, 0.3) is 11.3 Å². The Balaban J connectivity index is 1.59. The lowest BCUT2D eigenvalue weighted by molar-refractivity contribution is -0.116. The number of carbonyl (C=O) groups excluding carboxylic acids is 1. The smallest absolute Gasteiger partial charge is 0.169 e. The first-order valence-electron chi connectivity index (χ1n) is 9.87. The molecule has 0 amide bonds. The molecule has 160 valence electrons. The van der Waals surface area contributed by atoms with Gasteiger partial charge in [0.05, 0.1) is 30.3 Å². The molecule has 2 aromatic heterocycles. The molecule has 2 aromatic carbocycles. The number of thiazole rings is 1. The average Bonchev–Trinajstić information content (AvgIpc) is 3.40. The van der Waals surface area contributed by atoms with E-state index >= 15 is 0 Å². The summed E-state index contributed by atoms with van der Waals surface area (Å²) in [6.45, 7) is 2.39. The molecule has 0 fully saturated rings. The van der Waals surface area contributed by atoms with Crippen LogP contribution in [-0.4, -0.2) is 26.1 Å². The number of hydrogen-bond acceptors (Lipinski definition) is 6. The molecule has 0 aliphatic rings. The third-order valence-corrected chi connectivity index (χ3v) is 6.86. The Labute approximate surface area is 193 Å². The molecule has 0 aliphatic carbocycles. The van der Waals surface area contributed by atoms with Gasteiger partial charge in [-0.1, -0.05) is 42.1 Å². The van der Waals surface area contributed by atoms with Gasteiger partial charge in [-0.15, -0.1) is 11.3 Å². The Bertz CT molecular complexity index is 1260. The highest BCUT2D eigenvalue weighted by Gasteiger charge is 2.24. The number of hydrogen-bond donors (Lipinski definition) is 0. The molecule has 0 spiro atoms. The third-order valence-electron chi connectivity index (χ3n) is 4.82. The highest BCUT2D eigenvalue weighted by Crippen LogP contribution is 2.29. The van der Waals surface area contributed by atoms with Crippen molar-refractivity contribution in [3.8, 4) is 17.3 Å². The second kappa shape index (κ2) is 9.90. The molecule has 2 heterocycles. The molecule has 0 unspecified atom stereocenters. The second-order valence-electron chi connectivity index (χ2n) is 7.15. The van der Waals surface area contributed by atoms with E-state index in [1.807, 2.05) is 47.2 Å². The molecule has 8 heteroatoms. The SMILES string of the molecule is Cc1csc([C@@H](C#N)C(=O)CSc2ncc(-c3ccc(F)cc3)n2Cc2ccccc2)n1. The van der Waals surface area contributed by atoms with Gasteiger partial charge in [-0.2, -0.15) is 5.26 Å². The zero-order chi connectivity index (χ0) is 22.5. The normalized spacial score (nSPS) is 11.8. The summed E-state index contributed by atoms with van der Waals surface area (Å²) in [6, 6.07) is 18.3. The number of aromatic nitrogens is 3. The number of aryl methyl sites for hydroxylation is 1. The van der Waals surface area contributed by atoms with E-state index in [0.29, 0.717) is 16.7 Å². The number of benzene rings is 2. The van der Waals surface area contributed by atoms with Gasteiger partial charge in [0.25, 0.3) is 0 Å². The molecular weight excluding hydrogens is 443 g/mol. The summed E-state index contributed by atoms with van der Waals surface area (Å²) in [7, 11) is 0. The third kappa shape index (κ3) is 4.96. The summed E-state index contributed by atoms with van der Waals surface area (Å²) < 4.78 is 15.4. The lowest BCUT2D eigenvalue weighted by Gasteiger charge is -2.12. The van der Waals surface area contributed by atoms with Gasteiger partial charge in [0.2, 0.25) is 0 Å². The van der Waals surface area contributed by atoms with E-state index in [9.17, 15) is 14.4 Å². The standard InChI is InChI=1S/C24H19FN4OS2/c1-16-14-31-23(28-16)20(11-26)22(30)15-32-24-27-12-21(18-7-9-19(25)10-8-18)29(24)13-17-5-3-2-4-6-17/h2-10,12,14,20H,13,15H2,1H3/t20-/m0/s1. The van der Waals surface area contributed by atoms with Gasteiger partial charge in [0.1, 0.15) is 10.8 Å². The Morgan fingerprint density at radius 1 is 1.22 bits per heavy atom. The predicted octanol–water partition coefficient (Wildman–Crippen LogP) is 5.47. The van der Waals surface area contributed by atoms with E-state index in [0.717, 1.165) is 22.5 Å². The molecular formula is C24H19FN4OS2. The molecule has 0 saturated carbocycles. The summed E-state index contributed by atoms with van der Waals surface area (Å²) in [6.07, 6.45) is 1.73. The van der Waals surface area contributed by atoms with Crippen LogP contribution < -0.4 is 0 Å². The lowest BCUT2D eigenvalue weighted by Crippen LogP contribution is -2.14. The molecule has 0 radical (unpaired) electrons. The van der Waals surface area contributed by atoms with Crippen LogP contribution in [0.2, 0.25) is 0 Å². The number of Topliss-reactive ketones (excluding diaryl/α,β-unsaturated/α-hetero) is 1. The number of nitrogens with zero attached hydrogens (tertiary/aromatic N) is 4. The lowest BCUT2D eigenvalue weighted by atomic mass is 10.1. The van der Waals surface area contributed by atoms with E-state index in [2.05, 4.69) is 16.0 Å². The number of imidazole rings is 1. The van der Waals surface area contributed by atoms with Crippen molar-refractivity contribution in [2.24, 2.45) is 0 Å². The summed E-state index contributed by atoms with van der Waals surface area (Å²) in [4.78, 5) is 21.6. The molecule has 32 heavy (non-hydrogen) atoms. The van der Waals surface area contributed by atoms with E-state index in [4.69, 9.17) is 0 Å². The first-order valence-corrected chi connectivity index (χ1v) is 11.7. The maximum absolute atomic E-state index is 13.4. The van der Waals surface area contributed by atoms with Gasteiger partial charge in [-0.3, -0.25) is 4.79 Å². The summed E-state index contributed by atoms with van der Waals surface area (Å²) >= 11 is 2.62. The van der Waals surface area contributed by atoms with Gasteiger partial charge < -0.3 is 4.57 Å². The Morgan fingerprint density at radius 3 is 2.62 bits per heavy atom. The fourth-order valence-corrected chi connectivity index (χ4v) is 4.98. The van der Waals surface area contributed by atoms with Gasteiger partial charge in [-0.25, -0.2) is 14.4 Å². The van der Waals surface area contributed by atoms with Gasteiger partial charge >= 0.3 is 0 Å². The number of carbonyl (C=O) groups is 1. The van der Waals surface area contributed by atoms with Crippen LogP contribution in [0.5, 0.6) is 0 Å². The Morgan fingerprint density at radius 2 is 1.97 bits per heavy atom. The molecule has 0 N–H and O–H groups in total. The van der Waals surface area contributed by atoms with Crippen molar-refractivity contribution in [3.63, 3.8) is 0 Å². The minimum absolute atomic E-state index is 0.103. The summed E-state index contributed by atoms with van der Waals surface area (Å²) in [5.74, 6) is -1.28. The van der Waals surface area contributed by atoms with Gasteiger partial charge in [0.15, 0.2) is 16.9 Å². The zero-order valence-electron chi connectivity index (χ0n) is 17.2. The highest BCUT2D eigenvalue weighted by molar-refractivity contribution is 7.99.